The number of aromatic amines is 1. The quantitative estimate of drug-likeness (QED) is 0.398. The van der Waals surface area contributed by atoms with E-state index in [2.05, 4.69) is 30.8 Å². The summed E-state index contributed by atoms with van der Waals surface area (Å²) >= 11 is 11.6. The predicted octanol–water partition coefficient (Wildman–Crippen LogP) is 4.72. The van der Waals surface area contributed by atoms with Crippen molar-refractivity contribution in [2.45, 2.75) is 6.42 Å². The molecule has 4 aromatic rings. The third-order valence-corrected chi connectivity index (χ3v) is 4.51. The summed E-state index contributed by atoms with van der Waals surface area (Å²) in [5.41, 5.74) is 2.07. The van der Waals surface area contributed by atoms with Gasteiger partial charge < -0.3 is 10.6 Å². The Kier molecular flexibility index (Phi) is 5.28. The summed E-state index contributed by atoms with van der Waals surface area (Å²) in [7, 11) is 0. The Morgan fingerprint density at radius 2 is 1.90 bits per heavy atom. The lowest BCUT2D eigenvalue weighted by Crippen LogP contribution is -2.14. The maximum absolute atomic E-state index is 13.9. The highest BCUT2D eigenvalue weighted by atomic mass is 35.5. The molecule has 7 nitrogen and oxygen atoms in total. The van der Waals surface area contributed by atoms with Crippen molar-refractivity contribution in [2.75, 3.05) is 10.6 Å². The molecular weight excluding hydrogens is 418 g/mol. The summed E-state index contributed by atoms with van der Waals surface area (Å²) in [6.07, 6.45) is 1.16. The number of hydrogen-bond donors (Lipinski definition) is 3. The van der Waals surface area contributed by atoms with Gasteiger partial charge in [-0.25, -0.2) is 9.37 Å². The minimum Gasteiger partial charge on any atom is -0.338 e. The van der Waals surface area contributed by atoms with Gasteiger partial charge in [-0.05, 0) is 47.5 Å². The zero-order valence-electron chi connectivity index (χ0n) is 14.7. The van der Waals surface area contributed by atoms with Gasteiger partial charge >= 0.3 is 0 Å². The molecule has 4 rings (SSSR count). The van der Waals surface area contributed by atoms with Gasteiger partial charge in [0.2, 0.25) is 11.2 Å². The molecular formula is C19H13Cl2FN6O. The number of anilines is 3. The first kappa shape index (κ1) is 19.1. The highest BCUT2D eigenvalue weighted by Crippen LogP contribution is 2.26. The normalized spacial score (nSPS) is 10.9. The average Bonchev–Trinajstić information content (AvgIpc) is 3.08. The van der Waals surface area contributed by atoms with Crippen LogP contribution in [0.5, 0.6) is 0 Å². The molecule has 2 heterocycles. The van der Waals surface area contributed by atoms with Crippen LogP contribution in [-0.2, 0) is 11.2 Å². The van der Waals surface area contributed by atoms with E-state index in [1.54, 1.807) is 42.5 Å². The average molecular weight is 431 g/mol. The molecule has 0 spiro atoms. The lowest BCUT2D eigenvalue weighted by Gasteiger charge is -2.07. The summed E-state index contributed by atoms with van der Waals surface area (Å²) in [6.45, 7) is 0. The highest BCUT2D eigenvalue weighted by molar-refractivity contribution is 6.30. The number of nitrogens with zero attached hydrogens (tertiary/aromatic N) is 3. The fourth-order valence-electron chi connectivity index (χ4n) is 2.72. The van der Waals surface area contributed by atoms with Crippen molar-refractivity contribution in [1.82, 2.24) is 20.2 Å². The van der Waals surface area contributed by atoms with Crippen molar-refractivity contribution in [3.05, 3.63) is 70.3 Å². The zero-order valence-corrected chi connectivity index (χ0v) is 16.2. The molecule has 1 amide bonds. The number of amides is 1. The van der Waals surface area contributed by atoms with E-state index >= 15 is 0 Å². The van der Waals surface area contributed by atoms with Crippen LogP contribution in [-0.4, -0.2) is 26.1 Å². The van der Waals surface area contributed by atoms with Gasteiger partial charge in [-0.15, -0.1) is 0 Å². The number of halogens is 3. The first-order valence-electron chi connectivity index (χ1n) is 8.45. The number of H-pyrrole nitrogens is 1. The van der Waals surface area contributed by atoms with Gasteiger partial charge in [-0.2, -0.15) is 10.1 Å². The van der Waals surface area contributed by atoms with E-state index in [4.69, 9.17) is 23.2 Å². The molecule has 3 N–H and O–H groups in total. The van der Waals surface area contributed by atoms with Crippen LogP contribution < -0.4 is 10.6 Å². The molecule has 0 saturated carbocycles. The number of carbonyl (C=O) groups excluding carboxylic acids is 1. The molecule has 0 aliphatic carbocycles. The van der Waals surface area contributed by atoms with Crippen molar-refractivity contribution < 1.29 is 9.18 Å². The maximum Gasteiger partial charge on any atom is 0.230 e. The second kappa shape index (κ2) is 8.02. The highest BCUT2D eigenvalue weighted by Gasteiger charge is 2.12. The number of hydrogen-bond acceptors (Lipinski definition) is 5. The van der Waals surface area contributed by atoms with Crippen LogP contribution in [0.15, 0.2) is 48.7 Å². The summed E-state index contributed by atoms with van der Waals surface area (Å²) in [5.74, 6) is -0.559. The molecule has 0 unspecified atom stereocenters. The fourth-order valence-corrected chi connectivity index (χ4v) is 2.98. The van der Waals surface area contributed by atoms with Gasteiger partial charge in [-0.1, -0.05) is 23.7 Å². The van der Waals surface area contributed by atoms with Gasteiger partial charge in [0.15, 0.2) is 17.5 Å². The Balaban J connectivity index is 1.54. The Labute approximate surface area is 174 Å². The monoisotopic (exact) mass is 430 g/mol. The number of benzene rings is 2. The van der Waals surface area contributed by atoms with E-state index in [1.165, 1.54) is 0 Å². The Morgan fingerprint density at radius 1 is 1.10 bits per heavy atom. The van der Waals surface area contributed by atoms with Crippen LogP contribution in [0, 0.1) is 5.82 Å². The first-order valence-corrected chi connectivity index (χ1v) is 9.21. The van der Waals surface area contributed by atoms with Crippen molar-refractivity contribution in [1.29, 1.82) is 0 Å². The van der Waals surface area contributed by atoms with E-state index in [9.17, 15) is 9.18 Å². The smallest absolute Gasteiger partial charge is 0.230 e. The van der Waals surface area contributed by atoms with E-state index in [-0.39, 0.29) is 23.4 Å². The second-order valence-corrected chi connectivity index (χ2v) is 6.92. The third-order valence-electron chi connectivity index (χ3n) is 4.08. The second-order valence-electron chi connectivity index (χ2n) is 6.14. The van der Waals surface area contributed by atoms with Gasteiger partial charge in [0.05, 0.1) is 18.1 Å². The van der Waals surface area contributed by atoms with Crippen LogP contribution in [0.4, 0.5) is 21.7 Å². The molecule has 10 heteroatoms. The molecule has 0 fully saturated rings. The van der Waals surface area contributed by atoms with Crippen molar-refractivity contribution >= 4 is 57.3 Å². The topological polar surface area (TPSA) is 95.6 Å². The zero-order chi connectivity index (χ0) is 20.4. The van der Waals surface area contributed by atoms with Crippen molar-refractivity contribution in [3.63, 3.8) is 0 Å². The molecule has 146 valence electrons. The summed E-state index contributed by atoms with van der Waals surface area (Å²) in [6, 6.07) is 12.2. The Morgan fingerprint density at radius 3 is 2.69 bits per heavy atom. The van der Waals surface area contributed by atoms with Crippen LogP contribution in [0.25, 0.3) is 10.9 Å². The fraction of sp³-hybridized carbons (Fsp3) is 0.0526. The number of fused-ring (bicyclic) bond motifs is 1. The molecule has 0 aliphatic heterocycles. The van der Waals surface area contributed by atoms with Gasteiger partial charge in [-0.3, -0.25) is 9.89 Å². The first-order chi connectivity index (χ1) is 14.0. The number of aromatic nitrogens is 4. The largest absolute Gasteiger partial charge is 0.338 e. The Hall–Kier alpha value is -3.23. The molecule has 0 atom stereocenters. The minimum atomic E-state index is -0.641. The van der Waals surface area contributed by atoms with Crippen molar-refractivity contribution in [3.8, 4) is 0 Å². The molecule has 29 heavy (non-hydrogen) atoms. The molecule has 0 bridgehead atoms. The predicted molar refractivity (Wildman–Crippen MR) is 110 cm³/mol. The standard InChI is InChI=1S/C19H13Cl2FN6O/c20-11-3-1-10(2-4-11)7-16(29)25-17-13-8-12(5-6-15(13)27-28-17)24-18-14(22)9-23-19(21)26-18/h1-6,8-9H,7H2,(H,23,24,26)(H2,25,27,28,29). The number of carbonyl (C=O) groups is 1. The van der Waals surface area contributed by atoms with Crippen LogP contribution in [0.3, 0.4) is 0 Å². The molecule has 0 aliphatic rings. The van der Waals surface area contributed by atoms with E-state index < -0.39 is 5.82 Å². The van der Waals surface area contributed by atoms with Crippen LogP contribution in [0.2, 0.25) is 10.3 Å². The summed E-state index contributed by atoms with van der Waals surface area (Å²) < 4.78 is 13.9. The molecule has 2 aromatic carbocycles. The lowest BCUT2D eigenvalue weighted by atomic mass is 10.1. The molecule has 2 aromatic heterocycles. The SMILES string of the molecule is O=C(Cc1ccc(Cl)cc1)Nc1n[nH]c2ccc(Nc3nc(Cl)ncc3F)cc12. The molecule has 0 radical (unpaired) electrons. The number of rotatable bonds is 5. The van der Waals surface area contributed by atoms with Gasteiger partial charge in [0, 0.05) is 16.1 Å². The van der Waals surface area contributed by atoms with Crippen molar-refractivity contribution in [2.24, 2.45) is 0 Å². The van der Waals surface area contributed by atoms with Gasteiger partial charge in [0.25, 0.3) is 0 Å². The van der Waals surface area contributed by atoms with E-state index in [0.29, 0.717) is 27.4 Å². The molecule has 0 saturated heterocycles. The third kappa shape index (κ3) is 4.44. The van der Waals surface area contributed by atoms with E-state index in [1.807, 2.05) is 0 Å². The van der Waals surface area contributed by atoms with Gasteiger partial charge in [0.1, 0.15) is 0 Å². The van der Waals surface area contributed by atoms with Crippen LogP contribution in [0.1, 0.15) is 5.56 Å². The van der Waals surface area contributed by atoms with Crippen LogP contribution >= 0.6 is 23.2 Å². The summed E-state index contributed by atoms with van der Waals surface area (Å²) in [4.78, 5) is 19.8. The lowest BCUT2D eigenvalue weighted by molar-refractivity contribution is -0.115. The summed E-state index contributed by atoms with van der Waals surface area (Å²) in [5, 5.41) is 13.8. The van der Waals surface area contributed by atoms with E-state index in [0.717, 1.165) is 11.8 Å². The maximum atomic E-state index is 13.9. The Bertz CT molecular complexity index is 1200. The minimum absolute atomic E-state index is 0.0545. The number of nitrogens with one attached hydrogen (secondary N) is 3.